The highest BCUT2D eigenvalue weighted by atomic mass is 16.3. The van der Waals surface area contributed by atoms with E-state index in [0.29, 0.717) is 0 Å². The Morgan fingerprint density at radius 1 is 1.27 bits per heavy atom. The van der Waals surface area contributed by atoms with Crippen LogP contribution in [0.4, 0.5) is 0 Å². The largest absolute Gasteiger partial charge is 0.461 e. The third-order valence-corrected chi connectivity index (χ3v) is 2.72. The molecular weight excluding hydrogens is 184 g/mol. The average molecular weight is 206 g/mol. The van der Waals surface area contributed by atoms with Gasteiger partial charge in [-0.25, -0.2) is 0 Å². The molecule has 0 bridgehead atoms. The van der Waals surface area contributed by atoms with Crippen LogP contribution in [0.25, 0.3) is 6.08 Å². The van der Waals surface area contributed by atoms with Gasteiger partial charge in [0.1, 0.15) is 11.5 Å². The summed E-state index contributed by atoms with van der Waals surface area (Å²) in [4.78, 5) is 0. The van der Waals surface area contributed by atoms with E-state index in [1.54, 1.807) is 6.08 Å². The Morgan fingerprint density at radius 3 is 2.60 bits per heavy atom. The average Bonchev–Trinajstić information content (AvgIpc) is 2.59. The second-order valence-corrected chi connectivity index (χ2v) is 4.13. The van der Waals surface area contributed by atoms with Gasteiger partial charge in [-0.3, -0.25) is 0 Å². The Bertz CT molecular complexity index is 296. The van der Waals surface area contributed by atoms with Crippen molar-refractivity contribution < 1.29 is 4.42 Å². The van der Waals surface area contributed by atoms with Gasteiger partial charge in [0, 0.05) is 6.42 Å². The Morgan fingerprint density at radius 2 is 2.00 bits per heavy atom. The molecule has 1 heterocycles. The lowest BCUT2D eigenvalue weighted by Gasteiger charge is -1.97. The van der Waals surface area contributed by atoms with Crippen LogP contribution in [-0.2, 0) is 6.42 Å². The first kappa shape index (κ1) is 12.1. The van der Waals surface area contributed by atoms with Crippen LogP contribution in [0.2, 0.25) is 0 Å². The van der Waals surface area contributed by atoms with E-state index in [0.717, 1.165) is 17.9 Å². The van der Waals surface area contributed by atoms with E-state index >= 15 is 0 Å². The van der Waals surface area contributed by atoms with Gasteiger partial charge in [0.2, 0.25) is 0 Å². The molecule has 1 aromatic heterocycles. The van der Waals surface area contributed by atoms with Crippen molar-refractivity contribution in [2.45, 2.75) is 52.4 Å². The number of unbranched alkanes of at least 4 members (excludes halogenated alkanes) is 4. The van der Waals surface area contributed by atoms with Crippen molar-refractivity contribution in [3.63, 3.8) is 0 Å². The summed E-state index contributed by atoms with van der Waals surface area (Å²) in [5.41, 5.74) is 1.20. The quantitative estimate of drug-likeness (QED) is 0.587. The first-order valence-electron chi connectivity index (χ1n) is 5.99. The molecule has 84 valence electrons. The molecular formula is C14H22O. The minimum Gasteiger partial charge on any atom is -0.461 e. The molecule has 0 aliphatic carbocycles. The van der Waals surface area contributed by atoms with Crippen molar-refractivity contribution in [2.24, 2.45) is 0 Å². The molecule has 0 aliphatic rings. The fraction of sp³-hybridized carbons (Fsp3) is 0.571. The zero-order valence-electron chi connectivity index (χ0n) is 10.0. The fourth-order valence-corrected chi connectivity index (χ4v) is 1.79. The maximum absolute atomic E-state index is 5.65. The highest BCUT2D eigenvalue weighted by molar-refractivity contribution is 5.45. The summed E-state index contributed by atoms with van der Waals surface area (Å²) in [6.07, 6.45) is 9.43. The van der Waals surface area contributed by atoms with Crippen molar-refractivity contribution in [1.29, 1.82) is 0 Å². The first-order chi connectivity index (χ1) is 7.27. The van der Waals surface area contributed by atoms with Crippen LogP contribution < -0.4 is 0 Å². The van der Waals surface area contributed by atoms with Gasteiger partial charge in [-0.05, 0) is 31.1 Å². The number of aryl methyl sites for hydroxylation is 2. The van der Waals surface area contributed by atoms with E-state index in [1.807, 2.05) is 0 Å². The maximum Gasteiger partial charge on any atom is 0.129 e. The summed E-state index contributed by atoms with van der Waals surface area (Å²) in [7, 11) is 0. The van der Waals surface area contributed by atoms with Crippen LogP contribution in [0.15, 0.2) is 17.1 Å². The van der Waals surface area contributed by atoms with Crippen LogP contribution in [0.3, 0.4) is 0 Å². The molecule has 0 atom stereocenters. The van der Waals surface area contributed by atoms with Gasteiger partial charge >= 0.3 is 0 Å². The molecule has 0 amide bonds. The van der Waals surface area contributed by atoms with Gasteiger partial charge in [-0.2, -0.15) is 0 Å². The Hall–Kier alpha value is -0.980. The summed E-state index contributed by atoms with van der Waals surface area (Å²) < 4.78 is 5.65. The molecule has 0 aromatic carbocycles. The third-order valence-electron chi connectivity index (χ3n) is 2.72. The minimum atomic E-state index is 0.929. The molecule has 0 saturated heterocycles. The Labute approximate surface area is 93.2 Å². The topological polar surface area (TPSA) is 13.1 Å². The zero-order chi connectivity index (χ0) is 11.1. The Kier molecular flexibility index (Phi) is 5.23. The summed E-state index contributed by atoms with van der Waals surface area (Å²) in [5, 5.41) is 0. The lowest BCUT2D eigenvalue weighted by Crippen LogP contribution is -1.82. The molecule has 1 nitrogen and oxygen atoms in total. The van der Waals surface area contributed by atoms with Gasteiger partial charge < -0.3 is 4.42 Å². The van der Waals surface area contributed by atoms with Crippen LogP contribution in [0.1, 0.15) is 56.1 Å². The molecule has 0 saturated carbocycles. The Balaban J connectivity index is 2.28. The second kappa shape index (κ2) is 6.49. The molecule has 0 radical (unpaired) electrons. The summed E-state index contributed by atoms with van der Waals surface area (Å²) in [6.45, 7) is 8.04. The first-order valence-corrected chi connectivity index (χ1v) is 5.99. The van der Waals surface area contributed by atoms with E-state index in [9.17, 15) is 0 Å². The van der Waals surface area contributed by atoms with Crippen LogP contribution >= 0.6 is 0 Å². The number of hydrogen-bond donors (Lipinski definition) is 0. The van der Waals surface area contributed by atoms with Crippen molar-refractivity contribution in [3.8, 4) is 0 Å². The molecule has 0 fully saturated rings. The van der Waals surface area contributed by atoms with Crippen molar-refractivity contribution >= 4 is 6.08 Å². The standard InChI is InChI=1S/C14H22O/c1-4-6-7-8-9-10-13-11-12(3)14(5-2)15-13/h5,11H,2,4,6-10H2,1,3H3. The molecule has 0 unspecified atom stereocenters. The summed E-state index contributed by atoms with van der Waals surface area (Å²) >= 11 is 0. The summed E-state index contributed by atoms with van der Waals surface area (Å²) in [6, 6.07) is 2.14. The lowest BCUT2D eigenvalue weighted by molar-refractivity contribution is 0.485. The van der Waals surface area contributed by atoms with E-state index in [2.05, 4.69) is 26.5 Å². The predicted molar refractivity (Wildman–Crippen MR) is 66.0 cm³/mol. The molecule has 0 aliphatic heterocycles. The molecule has 15 heavy (non-hydrogen) atoms. The highest BCUT2D eigenvalue weighted by Crippen LogP contribution is 2.17. The van der Waals surface area contributed by atoms with E-state index in [4.69, 9.17) is 4.42 Å². The highest BCUT2D eigenvalue weighted by Gasteiger charge is 2.03. The second-order valence-electron chi connectivity index (χ2n) is 4.13. The predicted octanol–water partition coefficient (Wildman–Crippen LogP) is 4.74. The minimum absolute atomic E-state index is 0.929. The zero-order valence-corrected chi connectivity index (χ0v) is 10.0. The van der Waals surface area contributed by atoms with E-state index in [-0.39, 0.29) is 0 Å². The normalized spacial score (nSPS) is 10.5. The molecule has 1 aromatic rings. The van der Waals surface area contributed by atoms with Crippen LogP contribution in [-0.4, -0.2) is 0 Å². The van der Waals surface area contributed by atoms with Crippen LogP contribution in [0, 0.1) is 6.92 Å². The third kappa shape index (κ3) is 3.94. The SMILES string of the molecule is C=Cc1oc(CCCCCCC)cc1C. The van der Waals surface area contributed by atoms with Gasteiger partial charge in [0.15, 0.2) is 0 Å². The number of hydrogen-bond acceptors (Lipinski definition) is 1. The van der Waals surface area contributed by atoms with Crippen LogP contribution in [0.5, 0.6) is 0 Å². The van der Waals surface area contributed by atoms with E-state index < -0.39 is 0 Å². The smallest absolute Gasteiger partial charge is 0.129 e. The van der Waals surface area contributed by atoms with Crippen molar-refractivity contribution in [2.75, 3.05) is 0 Å². The maximum atomic E-state index is 5.65. The monoisotopic (exact) mass is 206 g/mol. The molecule has 1 heteroatoms. The number of furan rings is 1. The lowest BCUT2D eigenvalue weighted by atomic mass is 10.1. The van der Waals surface area contributed by atoms with E-state index in [1.165, 1.54) is 37.7 Å². The van der Waals surface area contributed by atoms with Gasteiger partial charge in [0.25, 0.3) is 0 Å². The van der Waals surface area contributed by atoms with Gasteiger partial charge in [-0.15, -0.1) is 0 Å². The van der Waals surface area contributed by atoms with Crippen molar-refractivity contribution in [1.82, 2.24) is 0 Å². The fourth-order valence-electron chi connectivity index (χ4n) is 1.79. The molecule has 1 rings (SSSR count). The van der Waals surface area contributed by atoms with Gasteiger partial charge in [0.05, 0.1) is 0 Å². The molecule has 0 spiro atoms. The summed E-state index contributed by atoms with van der Waals surface area (Å²) in [5.74, 6) is 2.04. The molecule has 0 N–H and O–H groups in total. The number of rotatable bonds is 7. The van der Waals surface area contributed by atoms with Gasteiger partial charge in [-0.1, -0.05) is 39.2 Å². The van der Waals surface area contributed by atoms with Crippen molar-refractivity contribution in [3.05, 3.63) is 29.7 Å².